The molecule has 152 valence electrons. The molecule has 4 rings (SSSR count). The highest BCUT2D eigenvalue weighted by Gasteiger charge is 2.47. The summed E-state index contributed by atoms with van der Waals surface area (Å²) >= 11 is 0. The Morgan fingerprint density at radius 3 is 2.62 bits per heavy atom. The van der Waals surface area contributed by atoms with E-state index in [-0.39, 0.29) is 22.4 Å². The standard InChI is InChI=1S/C25H28N2O.BrH/c1-4-28-21-15-13-20(14-16-21)26-17-7-9-19-10-8-18-27-23-12-6-5-11-22(23)25(2,3)24(19)27;/h5-7,9,11-17H,4,8,10,18H2,1-3H3;1H. The maximum absolute atomic E-state index is 5.48. The van der Waals surface area contributed by atoms with Crippen molar-refractivity contribution in [1.82, 2.24) is 0 Å². The summed E-state index contributed by atoms with van der Waals surface area (Å²) in [6, 6.07) is 16.8. The minimum atomic E-state index is 0. The van der Waals surface area contributed by atoms with E-state index >= 15 is 0 Å². The van der Waals surface area contributed by atoms with Crippen molar-refractivity contribution in [3.05, 3.63) is 77.5 Å². The van der Waals surface area contributed by atoms with E-state index in [4.69, 9.17) is 4.74 Å². The van der Waals surface area contributed by atoms with Crippen molar-refractivity contribution in [3.8, 4) is 5.75 Å². The predicted octanol–water partition coefficient (Wildman–Crippen LogP) is 1.90. The number of benzene rings is 2. The first kappa shape index (κ1) is 21.5. The molecule has 0 saturated carbocycles. The Kier molecular flexibility index (Phi) is 6.76. The van der Waals surface area contributed by atoms with Crippen molar-refractivity contribution < 1.29 is 26.6 Å². The third kappa shape index (κ3) is 4.24. The van der Waals surface area contributed by atoms with Gasteiger partial charge in [0.2, 0.25) is 0 Å². The van der Waals surface area contributed by atoms with Gasteiger partial charge < -0.3 is 21.7 Å². The number of halogens is 1. The lowest BCUT2D eigenvalue weighted by atomic mass is 9.80. The van der Waals surface area contributed by atoms with E-state index in [9.17, 15) is 0 Å². The zero-order valence-electron chi connectivity index (χ0n) is 17.4. The zero-order valence-corrected chi connectivity index (χ0v) is 19.0. The maximum Gasteiger partial charge on any atom is 0.140 e. The second-order valence-electron chi connectivity index (χ2n) is 7.97. The quantitative estimate of drug-likeness (QED) is 0.688. The largest absolute Gasteiger partial charge is 1.00 e. The minimum Gasteiger partial charge on any atom is -1.00 e. The van der Waals surface area contributed by atoms with Crippen LogP contribution in [-0.2, 0) is 5.41 Å². The molecular weight excluding hydrogens is 424 g/mol. The fraction of sp³-hybridized carbons (Fsp3) is 0.320. The number of hydrogen-bond donors (Lipinski definition) is 1. The average molecular weight is 453 g/mol. The molecule has 2 aromatic rings. The molecule has 1 atom stereocenters. The Bertz CT molecular complexity index is 942. The Morgan fingerprint density at radius 2 is 1.86 bits per heavy atom. The van der Waals surface area contributed by atoms with Gasteiger partial charge in [-0.1, -0.05) is 24.3 Å². The molecule has 2 aromatic carbocycles. The van der Waals surface area contributed by atoms with Crippen LogP contribution < -0.4 is 26.6 Å². The Morgan fingerprint density at radius 1 is 1.10 bits per heavy atom. The van der Waals surface area contributed by atoms with E-state index in [1.165, 1.54) is 35.5 Å². The molecule has 0 aromatic heterocycles. The molecule has 0 spiro atoms. The minimum absolute atomic E-state index is 0. The van der Waals surface area contributed by atoms with Crippen LogP contribution >= 0.6 is 0 Å². The number of nitrogens with one attached hydrogen (secondary N) is 1. The van der Waals surface area contributed by atoms with E-state index in [2.05, 4.69) is 55.3 Å². The molecule has 0 bridgehead atoms. The Labute approximate surface area is 184 Å². The van der Waals surface area contributed by atoms with Crippen LogP contribution in [0.25, 0.3) is 0 Å². The summed E-state index contributed by atoms with van der Waals surface area (Å²) in [4.78, 5) is 6.11. The molecule has 3 nitrogen and oxygen atoms in total. The molecule has 0 aliphatic carbocycles. The van der Waals surface area contributed by atoms with Crippen LogP contribution in [0.15, 0.2) is 76.9 Å². The highest BCUT2D eigenvalue weighted by atomic mass is 79.9. The highest BCUT2D eigenvalue weighted by molar-refractivity contribution is 5.75. The summed E-state index contributed by atoms with van der Waals surface area (Å²) in [5.41, 5.74) is 6.94. The first-order valence-corrected chi connectivity index (χ1v) is 10.2. The van der Waals surface area contributed by atoms with Crippen molar-refractivity contribution in [3.63, 3.8) is 0 Å². The smallest absolute Gasteiger partial charge is 0.140 e. The van der Waals surface area contributed by atoms with Gasteiger partial charge in [-0.25, -0.2) is 0 Å². The molecule has 0 amide bonds. The van der Waals surface area contributed by atoms with E-state index < -0.39 is 0 Å². The summed E-state index contributed by atoms with van der Waals surface area (Å²) in [5.74, 6) is 0.886. The van der Waals surface area contributed by atoms with Crippen LogP contribution in [0.1, 0.15) is 39.2 Å². The second kappa shape index (κ2) is 9.10. The molecule has 2 aliphatic rings. The number of fused-ring (bicyclic) bond motifs is 3. The normalized spacial score (nSPS) is 19.9. The lowest BCUT2D eigenvalue weighted by Crippen LogP contribution is -3.05. The monoisotopic (exact) mass is 452 g/mol. The predicted molar refractivity (Wildman–Crippen MR) is 116 cm³/mol. The molecule has 0 saturated heterocycles. The van der Waals surface area contributed by atoms with Crippen molar-refractivity contribution in [2.45, 2.75) is 39.0 Å². The summed E-state index contributed by atoms with van der Waals surface area (Å²) in [5, 5.41) is 0. The molecule has 29 heavy (non-hydrogen) atoms. The van der Waals surface area contributed by atoms with E-state index in [0.29, 0.717) is 6.61 Å². The van der Waals surface area contributed by atoms with Crippen molar-refractivity contribution in [2.75, 3.05) is 13.2 Å². The van der Waals surface area contributed by atoms with Gasteiger partial charge >= 0.3 is 0 Å². The van der Waals surface area contributed by atoms with Gasteiger partial charge in [-0.3, -0.25) is 9.89 Å². The summed E-state index contributed by atoms with van der Waals surface area (Å²) < 4.78 is 5.48. The van der Waals surface area contributed by atoms with Crippen LogP contribution in [0, 0.1) is 0 Å². The van der Waals surface area contributed by atoms with Gasteiger partial charge in [0.15, 0.2) is 0 Å². The first-order valence-electron chi connectivity index (χ1n) is 10.2. The van der Waals surface area contributed by atoms with Gasteiger partial charge in [0.25, 0.3) is 0 Å². The lowest BCUT2D eigenvalue weighted by molar-refractivity contribution is -0.792. The third-order valence-electron chi connectivity index (χ3n) is 5.80. The fourth-order valence-corrected chi connectivity index (χ4v) is 4.62. The topological polar surface area (TPSA) is 26.0 Å². The summed E-state index contributed by atoms with van der Waals surface area (Å²) in [7, 11) is 0. The van der Waals surface area contributed by atoms with Gasteiger partial charge in [-0.2, -0.15) is 0 Å². The molecule has 1 unspecified atom stereocenters. The highest BCUT2D eigenvalue weighted by Crippen LogP contribution is 2.41. The zero-order chi connectivity index (χ0) is 19.6. The number of aliphatic imine (C=N–C) groups is 1. The van der Waals surface area contributed by atoms with E-state index in [0.717, 1.165) is 17.9 Å². The number of quaternary nitrogens is 1. The number of rotatable bonds is 5. The molecule has 1 N–H and O–H groups in total. The third-order valence-corrected chi connectivity index (χ3v) is 5.80. The van der Waals surface area contributed by atoms with Crippen LogP contribution in [0.2, 0.25) is 0 Å². The van der Waals surface area contributed by atoms with Gasteiger partial charge in [0.05, 0.1) is 24.3 Å². The van der Waals surface area contributed by atoms with Gasteiger partial charge in [0.1, 0.15) is 17.1 Å². The molecule has 2 aliphatic heterocycles. The van der Waals surface area contributed by atoms with Crippen LogP contribution in [0.4, 0.5) is 11.4 Å². The van der Waals surface area contributed by atoms with Crippen LogP contribution in [0.5, 0.6) is 5.75 Å². The molecule has 0 radical (unpaired) electrons. The number of ether oxygens (including phenoxy) is 1. The van der Waals surface area contributed by atoms with E-state index in [1.54, 1.807) is 4.90 Å². The number of hydrogen-bond acceptors (Lipinski definition) is 2. The maximum atomic E-state index is 5.48. The molecule has 0 fully saturated rings. The number of para-hydroxylation sites is 1. The van der Waals surface area contributed by atoms with Crippen LogP contribution in [-0.4, -0.2) is 19.4 Å². The van der Waals surface area contributed by atoms with Crippen molar-refractivity contribution >= 4 is 17.6 Å². The molecule has 2 heterocycles. The number of nitrogens with zero attached hydrogens (tertiary/aromatic N) is 1. The summed E-state index contributed by atoms with van der Waals surface area (Å²) in [6.07, 6.45) is 8.61. The number of allylic oxidation sites excluding steroid dienone is 4. The Hall–Kier alpha value is -2.17. The lowest BCUT2D eigenvalue weighted by Gasteiger charge is -2.27. The molecule has 4 heteroatoms. The SMILES string of the molecule is CCOc1ccc(N=CC=CC2=C3[NH+](CCC2)c2ccccc2C3(C)C)cc1.[Br-]. The Balaban J connectivity index is 0.00000240. The van der Waals surface area contributed by atoms with Crippen molar-refractivity contribution in [2.24, 2.45) is 4.99 Å². The average Bonchev–Trinajstić information content (AvgIpc) is 2.95. The molecular formula is C25H29BrN2O. The van der Waals surface area contributed by atoms with Gasteiger partial charge in [0, 0.05) is 23.8 Å². The van der Waals surface area contributed by atoms with E-state index in [1.807, 2.05) is 37.4 Å². The van der Waals surface area contributed by atoms with Gasteiger partial charge in [-0.15, -0.1) is 0 Å². The van der Waals surface area contributed by atoms with Gasteiger partial charge in [-0.05, 0) is 63.6 Å². The fourth-order valence-electron chi connectivity index (χ4n) is 4.62. The second-order valence-corrected chi connectivity index (χ2v) is 7.97. The summed E-state index contributed by atoms with van der Waals surface area (Å²) in [6.45, 7) is 8.59. The first-order chi connectivity index (χ1) is 13.6. The van der Waals surface area contributed by atoms with Crippen LogP contribution in [0.3, 0.4) is 0 Å². The van der Waals surface area contributed by atoms with Crippen molar-refractivity contribution in [1.29, 1.82) is 0 Å².